The van der Waals surface area contributed by atoms with Gasteiger partial charge in [-0.05, 0) is 28.5 Å². The summed E-state index contributed by atoms with van der Waals surface area (Å²) in [6.07, 6.45) is 2.85. The van der Waals surface area contributed by atoms with Crippen molar-refractivity contribution in [2.45, 2.75) is 6.54 Å². The zero-order valence-electron chi connectivity index (χ0n) is 14.3. The van der Waals surface area contributed by atoms with Gasteiger partial charge in [0, 0.05) is 25.7 Å². The zero-order valence-corrected chi connectivity index (χ0v) is 14.3. The maximum Gasteiger partial charge on any atom is 0.276 e. The van der Waals surface area contributed by atoms with Gasteiger partial charge >= 0.3 is 0 Å². The second kappa shape index (κ2) is 7.61. The molecule has 5 heteroatoms. The van der Waals surface area contributed by atoms with E-state index >= 15 is 0 Å². The molecule has 0 N–H and O–H groups in total. The van der Waals surface area contributed by atoms with Crippen LogP contribution in [0.15, 0.2) is 72.8 Å². The minimum absolute atomic E-state index is 0.0201. The van der Waals surface area contributed by atoms with Crippen LogP contribution >= 0.6 is 0 Å². The van der Waals surface area contributed by atoms with Crippen LogP contribution in [0.4, 0.5) is 5.69 Å². The van der Waals surface area contributed by atoms with E-state index in [4.69, 9.17) is 0 Å². The topological polar surface area (TPSA) is 63.5 Å². The van der Waals surface area contributed by atoms with Crippen LogP contribution in [-0.4, -0.2) is 22.8 Å². The molecule has 1 amide bonds. The summed E-state index contributed by atoms with van der Waals surface area (Å²) in [7, 11) is 1.72. The Morgan fingerprint density at radius 1 is 1.04 bits per heavy atom. The molecule has 3 aromatic carbocycles. The normalized spacial score (nSPS) is 11.0. The Morgan fingerprint density at radius 2 is 1.73 bits per heavy atom. The van der Waals surface area contributed by atoms with Crippen molar-refractivity contribution in [3.05, 3.63) is 94.0 Å². The van der Waals surface area contributed by atoms with E-state index in [0.717, 1.165) is 16.3 Å². The molecule has 0 atom stereocenters. The van der Waals surface area contributed by atoms with Gasteiger partial charge in [0.2, 0.25) is 5.91 Å². The molecular formula is C21H18N2O3. The molecule has 0 radical (unpaired) electrons. The molecule has 0 saturated carbocycles. The smallest absolute Gasteiger partial charge is 0.276 e. The molecule has 3 aromatic rings. The van der Waals surface area contributed by atoms with Crippen LogP contribution < -0.4 is 0 Å². The molecule has 0 aliphatic carbocycles. The first-order valence-corrected chi connectivity index (χ1v) is 8.19. The maximum absolute atomic E-state index is 12.4. The van der Waals surface area contributed by atoms with Gasteiger partial charge in [-0.3, -0.25) is 14.9 Å². The molecule has 0 aliphatic rings. The number of benzene rings is 3. The fourth-order valence-corrected chi connectivity index (χ4v) is 2.85. The molecule has 0 fully saturated rings. The first-order chi connectivity index (χ1) is 12.6. The monoisotopic (exact) mass is 346 g/mol. The number of carbonyl (C=O) groups excluding carboxylic acids is 1. The molecule has 0 bridgehead atoms. The van der Waals surface area contributed by atoms with E-state index in [-0.39, 0.29) is 11.6 Å². The summed E-state index contributed by atoms with van der Waals surface area (Å²) in [6.45, 7) is 0.460. The highest BCUT2D eigenvalue weighted by Crippen LogP contribution is 2.21. The van der Waals surface area contributed by atoms with Crippen LogP contribution in [-0.2, 0) is 11.3 Å². The predicted octanol–water partition coefficient (Wildman–Crippen LogP) is 4.42. The summed E-state index contributed by atoms with van der Waals surface area (Å²) >= 11 is 0. The molecule has 130 valence electrons. The van der Waals surface area contributed by atoms with Crippen LogP contribution in [0.1, 0.15) is 11.1 Å². The molecule has 0 heterocycles. The van der Waals surface area contributed by atoms with Gasteiger partial charge in [0.05, 0.1) is 10.5 Å². The van der Waals surface area contributed by atoms with Crippen molar-refractivity contribution < 1.29 is 9.72 Å². The number of hydrogen-bond donors (Lipinski definition) is 0. The molecule has 0 spiro atoms. The Balaban J connectivity index is 1.77. The summed E-state index contributed by atoms with van der Waals surface area (Å²) < 4.78 is 0. The number of fused-ring (bicyclic) bond motifs is 1. The Hall–Kier alpha value is -3.47. The SMILES string of the molecule is CN(Cc1cccc2ccccc12)C(=O)/C=C/c1ccccc1[N+](=O)[O-]. The summed E-state index contributed by atoms with van der Waals surface area (Å²) in [4.78, 5) is 24.6. The second-order valence-electron chi connectivity index (χ2n) is 5.98. The van der Waals surface area contributed by atoms with E-state index in [1.807, 2.05) is 42.5 Å². The lowest BCUT2D eigenvalue weighted by molar-refractivity contribution is -0.385. The van der Waals surface area contributed by atoms with Crippen molar-refractivity contribution >= 4 is 28.4 Å². The lowest BCUT2D eigenvalue weighted by Crippen LogP contribution is -2.24. The second-order valence-corrected chi connectivity index (χ2v) is 5.98. The van der Waals surface area contributed by atoms with Crippen LogP contribution in [0.5, 0.6) is 0 Å². The van der Waals surface area contributed by atoms with Crippen LogP contribution in [0, 0.1) is 10.1 Å². The van der Waals surface area contributed by atoms with Crippen LogP contribution in [0.2, 0.25) is 0 Å². The Morgan fingerprint density at radius 3 is 2.54 bits per heavy atom. The number of para-hydroxylation sites is 1. The van der Waals surface area contributed by atoms with E-state index in [0.29, 0.717) is 12.1 Å². The molecule has 5 nitrogen and oxygen atoms in total. The molecule has 0 aromatic heterocycles. The third-order valence-electron chi connectivity index (χ3n) is 4.20. The average molecular weight is 346 g/mol. The highest BCUT2D eigenvalue weighted by Gasteiger charge is 2.12. The van der Waals surface area contributed by atoms with Gasteiger partial charge < -0.3 is 4.90 Å². The van der Waals surface area contributed by atoms with Gasteiger partial charge in [0.25, 0.3) is 5.69 Å². The minimum Gasteiger partial charge on any atom is -0.338 e. The standard InChI is InChI=1S/C21H18N2O3/c1-22(15-18-10-6-9-16-7-2-4-11-19(16)18)21(24)14-13-17-8-3-5-12-20(17)23(25)26/h2-14H,15H2,1H3/b14-13+. The highest BCUT2D eigenvalue weighted by molar-refractivity contribution is 5.93. The Labute approximate surface area is 151 Å². The number of likely N-dealkylation sites (N-methyl/N-ethyl adjacent to an activating group) is 1. The molecule has 0 unspecified atom stereocenters. The van der Waals surface area contributed by atoms with E-state index in [1.54, 1.807) is 30.1 Å². The van der Waals surface area contributed by atoms with Crippen molar-refractivity contribution in [3.8, 4) is 0 Å². The van der Waals surface area contributed by atoms with Crippen LogP contribution in [0.3, 0.4) is 0 Å². The quantitative estimate of drug-likeness (QED) is 0.390. The maximum atomic E-state index is 12.4. The first kappa shape index (κ1) is 17.4. The van der Waals surface area contributed by atoms with E-state index in [9.17, 15) is 14.9 Å². The Kier molecular flexibility index (Phi) is 5.08. The van der Waals surface area contributed by atoms with Crippen molar-refractivity contribution in [2.75, 3.05) is 7.05 Å². The van der Waals surface area contributed by atoms with E-state index in [2.05, 4.69) is 0 Å². The molecular weight excluding hydrogens is 328 g/mol. The van der Waals surface area contributed by atoms with Crippen LogP contribution in [0.25, 0.3) is 16.8 Å². The third kappa shape index (κ3) is 3.78. The fraction of sp³-hybridized carbons (Fsp3) is 0.0952. The van der Waals surface area contributed by atoms with Gasteiger partial charge in [-0.25, -0.2) is 0 Å². The lowest BCUT2D eigenvalue weighted by atomic mass is 10.0. The number of amides is 1. The van der Waals surface area contributed by atoms with Gasteiger partial charge in [0.1, 0.15) is 0 Å². The largest absolute Gasteiger partial charge is 0.338 e. The number of hydrogen-bond acceptors (Lipinski definition) is 3. The summed E-state index contributed by atoms with van der Waals surface area (Å²) in [6, 6.07) is 20.4. The average Bonchev–Trinajstić information content (AvgIpc) is 2.66. The number of nitro benzene ring substituents is 1. The molecule has 0 saturated heterocycles. The lowest BCUT2D eigenvalue weighted by Gasteiger charge is -2.16. The summed E-state index contributed by atoms with van der Waals surface area (Å²) in [5.41, 5.74) is 1.44. The van der Waals surface area contributed by atoms with Crippen molar-refractivity contribution in [1.29, 1.82) is 0 Å². The zero-order chi connectivity index (χ0) is 18.5. The fourth-order valence-electron chi connectivity index (χ4n) is 2.85. The van der Waals surface area contributed by atoms with E-state index < -0.39 is 4.92 Å². The summed E-state index contributed by atoms with van der Waals surface area (Å²) in [5.74, 6) is -0.212. The minimum atomic E-state index is -0.454. The molecule has 3 rings (SSSR count). The third-order valence-corrected chi connectivity index (χ3v) is 4.20. The first-order valence-electron chi connectivity index (χ1n) is 8.19. The molecule has 26 heavy (non-hydrogen) atoms. The van der Waals surface area contributed by atoms with Gasteiger partial charge in [-0.1, -0.05) is 54.6 Å². The summed E-state index contributed by atoms with van der Waals surface area (Å²) in [5, 5.41) is 13.3. The predicted molar refractivity (Wildman–Crippen MR) is 103 cm³/mol. The number of nitrogens with zero attached hydrogens (tertiary/aromatic N) is 2. The van der Waals surface area contributed by atoms with Gasteiger partial charge in [-0.2, -0.15) is 0 Å². The molecule has 0 aliphatic heterocycles. The van der Waals surface area contributed by atoms with Gasteiger partial charge in [-0.15, -0.1) is 0 Å². The number of rotatable bonds is 5. The van der Waals surface area contributed by atoms with Crippen molar-refractivity contribution in [3.63, 3.8) is 0 Å². The van der Waals surface area contributed by atoms with Crippen molar-refractivity contribution in [2.24, 2.45) is 0 Å². The Bertz CT molecular complexity index is 990. The van der Waals surface area contributed by atoms with Crippen molar-refractivity contribution in [1.82, 2.24) is 4.90 Å². The number of nitro groups is 1. The van der Waals surface area contributed by atoms with Gasteiger partial charge in [0.15, 0.2) is 0 Å². The number of carbonyl (C=O) groups is 1. The highest BCUT2D eigenvalue weighted by atomic mass is 16.6. The van der Waals surface area contributed by atoms with E-state index in [1.165, 1.54) is 18.2 Å².